The van der Waals surface area contributed by atoms with E-state index in [2.05, 4.69) is 27.7 Å². The monoisotopic (exact) mass is 227 g/mol. The van der Waals surface area contributed by atoms with Crippen LogP contribution in [0.4, 0.5) is 0 Å². The first-order valence-electron chi connectivity index (χ1n) is 6.86. The highest BCUT2D eigenvalue weighted by molar-refractivity contribution is 4.82. The molecule has 1 rings (SSSR count). The number of rotatable bonds is 5. The average Bonchev–Trinajstić information content (AvgIpc) is 2.25. The van der Waals surface area contributed by atoms with Gasteiger partial charge >= 0.3 is 0 Å². The van der Waals surface area contributed by atoms with Crippen molar-refractivity contribution in [2.75, 3.05) is 13.2 Å². The van der Waals surface area contributed by atoms with Gasteiger partial charge in [0.2, 0.25) is 0 Å². The van der Waals surface area contributed by atoms with Crippen LogP contribution in [0.25, 0.3) is 0 Å². The largest absolute Gasteiger partial charge is 0.378 e. The average molecular weight is 227 g/mol. The van der Waals surface area contributed by atoms with Gasteiger partial charge < -0.3 is 10.5 Å². The normalized spacial score (nSPS) is 31.3. The van der Waals surface area contributed by atoms with Gasteiger partial charge in [0.15, 0.2) is 0 Å². The van der Waals surface area contributed by atoms with Crippen molar-refractivity contribution in [3.63, 3.8) is 0 Å². The third-order valence-corrected chi connectivity index (χ3v) is 4.07. The molecule has 0 heterocycles. The Bertz CT molecular complexity index is 191. The Morgan fingerprint density at radius 3 is 2.31 bits per heavy atom. The lowest BCUT2D eigenvalue weighted by atomic mass is 9.71. The molecule has 1 aliphatic carbocycles. The second-order valence-electron chi connectivity index (χ2n) is 5.96. The molecule has 0 aromatic heterocycles. The molecule has 3 atom stereocenters. The van der Waals surface area contributed by atoms with Gasteiger partial charge in [-0.3, -0.25) is 0 Å². The highest BCUT2D eigenvalue weighted by Gasteiger charge is 2.31. The lowest BCUT2D eigenvalue weighted by Gasteiger charge is -2.37. The van der Waals surface area contributed by atoms with E-state index in [1.165, 1.54) is 19.3 Å². The predicted molar refractivity (Wildman–Crippen MR) is 69.3 cm³/mol. The molecule has 0 bridgehead atoms. The molecule has 2 nitrogen and oxygen atoms in total. The molecule has 0 amide bonds. The fraction of sp³-hybridized carbons (Fsp3) is 1.00. The molecule has 3 unspecified atom stereocenters. The maximum Gasteiger partial charge on any atom is 0.0519 e. The zero-order valence-electron chi connectivity index (χ0n) is 11.4. The molecule has 2 N–H and O–H groups in total. The predicted octanol–water partition coefficient (Wildman–Crippen LogP) is 3.06. The minimum atomic E-state index is 0.345. The molecular formula is C14H29NO. The van der Waals surface area contributed by atoms with Crippen LogP contribution in [-0.2, 0) is 4.74 Å². The maximum absolute atomic E-state index is 5.87. The van der Waals surface area contributed by atoms with Crippen molar-refractivity contribution in [1.29, 1.82) is 0 Å². The lowest BCUT2D eigenvalue weighted by Crippen LogP contribution is -2.35. The fourth-order valence-electron chi connectivity index (χ4n) is 2.80. The highest BCUT2D eigenvalue weighted by Crippen LogP contribution is 2.37. The Morgan fingerprint density at radius 1 is 1.12 bits per heavy atom. The van der Waals surface area contributed by atoms with Gasteiger partial charge in [-0.05, 0) is 63.3 Å². The van der Waals surface area contributed by atoms with E-state index in [0.717, 1.165) is 25.0 Å². The molecular weight excluding hydrogens is 198 g/mol. The first-order chi connectivity index (χ1) is 7.54. The zero-order valence-corrected chi connectivity index (χ0v) is 11.4. The first kappa shape index (κ1) is 14.0. The van der Waals surface area contributed by atoms with Gasteiger partial charge in [0.25, 0.3) is 0 Å². The fourth-order valence-corrected chi connectivity index (χ4v) is 2.80. The third kappa shape index (κ3) is 4.06. The van der Waals surface area contributed by atoms with Crippen LogP contribution in [0.15, 0.2) is 0 Å². The molecule has 0 aliphatic heterocycles. The van der Waals surface area contributed by atoms with Crippen LogP contribution in [0.5, 0.6) is 0 Å². The van der Waals surface area contributed by atoms with E-state index >= 15 is 0 Å². The zero-order chi connectivity index (χ0) is 12.1. The number of hydrogen-bond donors (Lipinski definition) is 1. The SMILES string of the molecule is CC(C)OCC1CC(C(C)C)CCC1CN. The van der Waals surface area contributed by atoms with Gasteiger partial charge in [0, 0.05) is 0 Å². The summed E-state index contributed by atoms with van der Waals surface area (Å²) in [6.45, 7) is 10.6. The van der Waals surface area contributed by atoms with Gasteiger partial charge in [-0.1, -0.05) is 13.8 Å². The van der Waals surface area contributed by atoms with Gasteiger partial charge in [0.1, 0.15) is 0 Å². The summed E-state index contributed by atoms with van der Waals surface area (Å²) in [5, 5.41) is 0. The Balaban J connectivity index is 2.46. The molecule has 96 valence electrons. The molecule has 0 spiro atoms. The summed E-state index contributed by atoms with van der Waals surface area (Å²) in [6, 6.07) is 0. The number of ether oxygens (including phenoxy) is 1. The number of hydrogen-bond acceptors (Lipinski definition) is 2. The van der Waals surface area contributed by atoms with Crippen molar-refractivity contribution in [1.82, 2.24) is 0 Å². The summed E-state index contributed by atoms with van der Waals surface area (Å²) in [5.41, 5.74) is 5.87. The summed E-state index contributed by atoms with van der Waals surface area (Å²) in [5.74, 6) is 3.06. The molecule has 0 aromatic carbocycles. The summed E-state index contributed by atoms with van der Waals surface area (Å²) < 4.78 is 5.79. The topological polar surface area (TPSA) is 35.2 Å². The Morgan fingerprint density at radius 2 is 1.81 bits per heavy atom. The van der Waals surface area contributed by atoms with Crippen molar-refractivity contribution in [2.45, 2.75) is 53.1 Å². The minimum Gasteiger partial charge on any atom is -0.378 e. The van der Waals surface area contributed by atoms with Crippen LogP contribution in [0.1, 0.15) is 47.0 Å². The van der Waals surface area contributed by atoms with E-state index in [9.17, 15) is 0 Å². The van der Waals surface area contributed by atoms with Crippen LogP contribution >= 0.6 is 0 Å². The van der Waals surface area contributed by atoms with Crippen molar-refractivity contribution in [3.05, 3.63) is 0 Å². The van der Waals surface area contributed by atoms with E-state index < -0.39 is 0 Å². The van der Waals surface area contributed by atoms with Gasteiger partial charge in [-0.2, -0.15) is 0 Å². The summed E-state index contributed by atoms with van der Waals surface area (Å²) in [6.07, 6.45) is 4.31. The van der Waals surface area contributed by atoms with Crippen LogP contribution in [0.2, 0.25) is 0 Å². The number of nitrogens with two attached hydrogens (primary N) is 1. The van der Waals surface area contributed by atoms with E-state index in [4.69, 9.17) is 10.5 Å². The van der Waals surface area contributed by atoms with Crippen LogP contribution < -0.4 is 5.73 Å². The van der Waals surface area contributed by atoms with Gasteiger partial charge in [0.05, 0.1) is 12.7 Å². The lowest BCUT2D eigenvalue weighted by molar-refractivity contribution is 0.00929. The van der Waals surface area contributed by atoms with E-state index in [1.54, 1.807) is 0 Å². The Labute approximate surface area is 101 Å². The smallest absolute Gasteiger partial charge is 0.0519 e. The van der Waals surface area contributed by atoms with Crippen molar-refractivity contribution in [3.8, 4) is 0 Å². The third-order valence-electron chi connectivity index (χ3n) is 4.07. The highest BCUT2D eigenvalue weighted by atomic mass is 16.5. The van der Waals surface area contributed by atoms with Crippen molar-refractivity contribution < 1.29 is 4.74 Å². The molecule has 0 saturated heterocycles. The van der Waals surface area contributed by atoms with Crippen LogP contribution in [-0.4, -0.2) is 19.3 Å². The minimum absolute atomic E-state index is 0.345. The van der Waals surface area contributed by atoms with Gasteiger partial charge in [-0.25, -0.2) is 0 Å². The molecule has 2 heteroatoms. The summed E-state index contributed by atoms with van der Waals surface area (Å²) in [4.78, 5) is 0. The van der Waals surface area contributed by atoms with Gasteiger partial charge in [-0.15, -0.1) is 0 Å². The van der Waals surface area contributed by atoms with E-state index in [1.807, 2.05) is 0 Å². The Kier molecular flexibility index (Phi) is 5.77. The molecule has 16 heavy (non-hydrogen) atoms. The molecule has 1 fully saturated rings. The summed E-state index contributed by atoms with van der Waals surface area (Å²) >= 11 is 0. The quantitative estimate of drug-likeness (QED) is 0.783. The van der Waals surface area contributed by atoms with Crippen molar-refractivity contribution in [2.24, 2.45) is 29.4 Å². The molecule has 0 aromatic rings. The van der Waals surface area contributed by atoms with Crippen LogP contribution in [0.3, 0.4) is 0 Å². The molecule has 0 radical (unpaired) electrons. The molecule has 1 saturated carbocycles. The van der Waals surface area contributed by atoms with Crippen molar-refractivity contribution >= 4 is 0 Å². The second-order valence-corrected chi connectivity index (χ2v) is 5.96. The van der Waals surface area contributed by atoms with Crippen LogP contribution in [0, 0.1) is 23.7 Å². The second kappa shape index (κ2) is 6.61. The van der Waals surface area contributed by atoms with E-state index in [-0.39, 0.29) is 0 Å². The molecule has 1 aliphatic rings. The standard InChI is InChI=1S/C14H29NO/c1-10(2)12-5-6-13(8-15)14(7-12)9-16-11(3)4/h10-14H,5-9,15H2,1-4H3. The maximum atomic E-state index is 5.87. The first-order valence-corrected chi connectivity index (χ1v) is 6.86. The Hall–Kier alpha value is -0.0800. The van der Waals surface area contributed by atoms with E-state index in [0.29, 0.717) is 17.9 Å². The summed E-state index contributed by atoms with van der Waals surface area (Å²) in [7, 11) is 0.